The van der Waals surface area contributed by atoms with Crippen LogP contribution in [0.5, 0.6) is 0 Å². The predicted octanol–water partition coefficient (Wildman–Crippen LogP) is -0.155. The molecular formula is C17H26N4O3S. The van der Waals surface area contributed by atoms with Crippen molar-refractivity contribution in [3.63, 3.8) is 0 Å². The molecule has 1 atom stereocenters. The number of amides is 1. The molecule has 0 aliphatic carbocycles. The number of hydrogen-bond donors (Lipinski definition) is 0. The van der Waals surface area contributed by atoms with Gasteiger partial charge in [-0.3, -0.25) is 19.6 Å². The maximum Gasteiger partial charge on any atom is 0.236 e. The molecule has 2 aliphatic heterocycles. The normalized spacial score (nSPS) is 24.3. The summed E-state index contributed by atoms with van der Waals surface area (Å²) in [4.78, 5) is 22.9. The monoisotopic (exact) mass is 366 g/mol. The summed E-state index contributed by atoms with van der Waals surface area (Å²) in [5, 5.41) is 0. The zero-order chi connectivity index (χ0) is 17.9. The lowest BCUT2D eigenvalue weighted by Crippen LogP contribution is -2.50. The summed E-state index contributed by atoms with van der Waals surface area (Å²) in [7, 11) is -1.24. The van der Waals surface area contributed by atoms with Crippen LogP contribution >= 0.6 is 0 Å². The summed E-state index contributed by atoms with van der Waals surface area (Å²) < 4.78 is 23.2. The third kappa shape index (κ3) is 4.99. The number of aromatic nitrogens is 1. The Bertz CT molecular complexity index is 687. The lowest BCUT2D eigenvalue weighted by Gasteiger charge is -2.35. The van der Waals surface area contributed by atoms with E-state index < -0.39 is 9.84 Å². The Hall–Kier alpha value is -1.51. The van der Waals surface area contributed by atoms with Crippen molar-refractivity contribution in [2.45, 2.75) is 19.0 Å². The first-order chi connectivity index (χ1) is 11.9. The molecule has 0 radical (unpaired) electrons. The van der Waals surface area contributed by atoms with E-state index in [1.165, 1.54) is 0 Å². The SMILES string of the molecule is CN(C(=O)CN1CCN(Cc2ccccn2)CC1)C1CCS(=O)(=O)C1. The first-order valence-electron chi connectivity index (χ1n) is 8.74. The number of sulfone groups is 1. The largest absolute Gasteiger partial charge is 0.341 e. The van der Waals surface area contributed by atoms with Crippen molar-refractivity contribution in [1.82, 2.24) is 19.7 Å². The van der Waals surface area contributed by atoms with Crippen LogP contribution < -0.4 is 0 Å². The zero-order valence-corrected chi connectivity index (χ0v) is 15.5. The zero-order valence-electron chi connectivity index (χ0n) is 14.7. The molecule has 3 heterocycles. The highest BCUT2D eigenvalue weighted by molar-refractivity contribution is 7.91. The van der Waals surface area contributed by atoms with Crippen LogP contribution in [0.1, 0.15) is 12.1 Å². The molecule has 2 saturated heterocycles. The quantitative estimate of drug-likeness (QED) is 0.721. The summed E-state index contributed by atoms with van der Waals surface area (Å²) in [6.45, 7) is 4.70. The second-order valence-electron chi connectivity index (χ2n) is 6.93. The number of likely N-dealkylation sites (N-methyl/N-ethyl adjacent to an activating group) is 1. The van der Waals surface area contributed by atoms with Gasteiger partial charge >= 0.3 is 0 Å². The van der Waals surface area contributed by atoms with E-state index in [1.54, 1.807) is 11.9 Å². The van der Waals surface area contributed by atoms with Crippen LogP contribution in [0.2, 0.25) is 0 Å². The van der Waals surface area contributed by atoms with Crippen LogP contribution in [0.4, 0.5) is 0 Å². The van der Waals surface area contributed by atoms with E-state index in [1.807, 2.05) is 24.4 Å². The number of carbonyl (C=O) groups is 1. The van der Waals surface area contributed by atoms with Gasteiger partial charge in [0.1, 0.15) is 0 Å². The summed E-state index contributed by atoms with van der Waals surface area (Å²) in [5.74, 6) is 0.314. The molecule has 7 nitrogen and oxygen atoms in total. The number of carbonyl (C=O) groups excluding carboxylic acids is 1. The lowest BCUT2D eigenvalue weighted by molar-refractivity contribution is -0.133. The highest BCUT2D eigenvalue weighted by Gasteiger charge is 2.33. The average Bonchev–Trinajstić information content (AvgIpc) is 2.97. The fraction of sp³-hybridized carbons (Fsp3) is 0.647. The highest BCUT2D eigenvalue weighted by atomic mass is 32.2. The number of hydrogen-bond acceptors (Lipinski definition) is 6. The Balaban J connectivity index is 1.43. The van der Waals surface area contributed by atoms with Crippen LogP contribution in [-0.2, 0) is 21.2 Å². The van der Waals surface area contributed by atoms with Gasteiger partial charge in [0, 0.05) is 52.0 Å². The summed E-state index contributed by atoms with van der Waals surface area (Å²) in [6.07, 6.45) is 2.37. The van der Waals surface area contributed by atoms with Crippen molar-refractivity contribution < 1.29 is 13.2 Å². The minimum Gasteiger partial charge on any atom is -0.341 e. The maximum absolute atomic E-state index is 12.4. The second kappa shape index (κ2) is 7.80. The van der Waals surface area contributed by atoms with Crippen molar-refractivity contribution >= 4 is 15.7 Å². The van der Waals surface area contributed by atoms with Gasteiger partial charge in [-0.2, -0.15) is 0 Å². The van der Waals surface area contributed by atoms with Gasteiger partial charge in [0.25, 0.3) is 0 Å². The molecular weight excluding hydrogens is 340 g/mol. The van der Waals surface area contributed by atoms with Gasteiger partial charge in [0.15, 0.2) is 9.84 Å². The van der Waals surface area contributed by atoms with Gasteiger partial charge in [0.05, 0.1) is 23.7 Å². The van der Waals surface area contributed by atoms with E-state index in [4.69, 9.17) is 0 Å². The molecule has 138 valence electrons. The van der Waals surface area contributed by atoms with E-state index in [0.29, 0.717) is 13.0 Å². The fourth-order valence-electron chi connectivity index (χ4n) is 3.41. The maximum atomic E-state index is 12.4. The van der Waals surface area contributed by atoms with Gasteiger partial charge in [0.2, 0.25) is 5.91 Å². The molecule has 25 heavy (non-hydrogen) atoms. The number of nitrogens with zero attached hydrogens (tertiary/aromatic N) is 4. The number of pyridine rings is 1. The van der Waals surface area contributed by atoms with Crippen LogP contribution in [0, 0.1) is 0 Å². The average molecular weight is 366 g/mol. The van der Waals surface area contributed by atoms with Crippen LogP contribution in [0.3, 0.4) is 0 Å². The lowest BCUT2D eigenvalue weighted by atomic mass is 10.2. The molecule has 8 heteroatoms. The second-order valence-corrected chi connectivity index (χ2v) is 9.16. The Kier molecular flexibility index (Phi) is 5.71. The van der Waals surface area contributed by atoms with Crippen LogP contribution in [0.25, 0.3) is 0 Å². The topological polar surface area (TPSA) is 73.8 Å². The first-order valence-corrected chi connectivity index (χ1v) is 10.6. The minimum absolute atomic E-state index is 0.0141. The van der Waals surface area contributed by atoms with E-state index in [2.05, 4.69) is 14.8 Å². The van der Waals surface area contributed by atoms with Crippen molar-refractivity contribution in [3.8, 4) is 0 Å². The molecule has 1 aromatic heterocycles. The highest BCUT2D eigenvalue weighted by Crippen LogP contribution is 2.17. The van der Waals surface area contributed by atoms with Gasteiger partial charge < -0.3 is 4.90 Å². The third-order valence-electron chi connectivity index (χ3n) is 5.09. The molecule has 2 aliphatic rings. The Labute approximate surface area is 149 Å². The molecule has 3 rings (SSSR count). The smallest absolute Gasteiger partial charge is 0.236 e. The molecule has 2 fully saturated rings. The van der Waals surface area contributed by atoms with E-state index in [0.717, 1.165) is 38.4 Å². The van der Waals surface area contributed by atoms with E-state index in [9.17, 15) is 13.2 Å². The molecule has 0 N–H and O–H groups in total. The molecule has 1 amide bonds. The molecule has 1 aromatic rings. The van der Waals surface area contributed by atoms with Gasteiger partial charge in [-0.15, -0.1) is 0 Å². The summed E-state index contributed by atoms with van der Waals surface area (Å²) in [6, 6.07) is 5.78. The standard InChI is InChI=1S/C17H26N4O3S/c1-19(16-5-11-25(23,24)14-16)17(22)13-21-9-7-20(8-10-21)12-15-4-2-3-6-18-15/h2-4,6,16H,5,7-14H2,1H3. The molecule has 1 unspecified atom stereocenters. The van der Waals surface area contributed by atoms with Gasteiger partial charge in [-0.05, 0) is 18.6 Å². The van der Waals surface area contributed by atoms with E-state index in [-0.39, 0.29) is 23.5 Å². The summed E-state index contributed by atoms with van der Waals surface area (Å²) >= 11 is 0. The van der Waals surface area contributed by atoms with Crippen LogP contribution in [0.15, 0.2) is 24.4 Å². The summed E-state index contributed by atoms with van der Waals surface area (Å²) in [5.41, 5.74) is 1.06. The third-order valence-corrected chi connectivity index (χ3v) is 6.84. The Morgan fingerprint density at radius 1 is 1.24 bits per heavy atom. The van der Waals surface area contributed by atoms with Crippen molar-refractivity contribution in [1.29, 1.82) is 0 Å². The molecule has 0 spiro atoms. The fourth-order valence-corrected chi connectivity index (χ4v) is 5.19. The molecule has 0 aromatic carbocycles. The number of piperazine rings is 1. The Morgan fingerprint density at radius 3 is 2.56 bits per heavy atom. The molecule has 0 bridgehead atoms. The van der Waals surface area contributed by atoms with Crippen molar-refractivity contribution in [3.05, 3.63) is 30.1 Å². The van der Waals surface area contributed by atoms with E-state index >= 15 is 0 Å². The first kappa shape index (κ1) is 18.3. The van der Waals surface area contributed by atoms with Crippen LogP contribution in [-0.4, -0.2) is 91.3 Å². The molecule has 0 saturated carbocycles. The van der Waals surface area contributed by atoms with Crippen molar-refractivity contribution in [2.24, 2.45) is 0 Å². The predicted molar refractivity (Wildman–Crippen MR) is 95.8 cm³/mol. The van der Waals surface area contributed by atoms with Gasteiger partial charge in [-0.25, -0.2) is 8.42 Å². The Morgan fingerprint density at radius 2 is 1.96 bits per heavy atom. The van der Waals surface area contributed by atoms with Gasteiger partial charge in [-0.1, -0.05) is 6.07 Å². The van der Waals surface area contributed by atoms with Crippen molar-refractivity contribution in [2.75, 3.05) is 51.3 Å². The minimum atomic E-state index is -2.96. The number of rotatable bonds is 5.